The molecule has 0 aliphatic carbocycles. The number of fused-ring (bicyclic) bond motifs is 1. The maximum Gasteiger partial charge on any atom is 0.329 e. The molecule has 0 aliphatic rings. The minimum atomic E-state index is -0.649. The molecule has 0 saturated heterocycles. The first kappa shape index (κ1) is 15.3. The van der Waals surface area contributed by atoms with E-state index in [9.17, 15) is 14.0 Å². The maximum absolute atomic E-state index is 14.0. The molecule has 10 heteroatoms. The number of aryl methyl sites for hydroxylation is 1. The van der Waals surface area contributed by atoms with Crippen molar-refractivity contribution in [3.8, 4) is 0 Å². The molecule has 0 saturated carbocycles. The Morgan fingerprint density at radius 3 is 2.83 bits per heavy atom. The molecule has 3 rings (SSSR count). The van der Waals surface area contributed by atoms with Gasteiger partial charge in [-0.15, -0.1) is 0 Å². The Kier molecular flexibility index (Phi) is 3.66. The van der Waals surface area contributed by atoms with Crippen molar-refractivity contribution in [2.24, 2.45) is 12.9 Å². The van der Waals surface area contributed by atoms with Crippen LogP contribution in [0.5, 0.6) is 0 Å². The quantitative estimate of drug-likeness (QED) is 0.477. The van der Waals surface area contributed by atoms with Crippen LogP contribution in [0.15, 0.2) is 27.8 Å². The molecule has 0 aliphatic heterocycles. The van der Waals surface area contributed by atoms with Crippen molar-refractivity contribution in [1.82, 2.24) is 19.1 Å². The first-order chi connectivity index (χ1) is 10.9. The number of benzene rings is 1. The van der Waals surface area contributed by atoms with Gasteiger partial charge in [0.25, 0.3) is 5.56 Å². The SMILES string of the molecule is Cn1c(=O)[nH]c(=O)c2c1nc(NN)n2Cc1c(F)cccc1Cl. The summed E-state index contributed by atoms with van der Waals surface area (Å²) in [5.74, 6) is 5.00. The lowest BCUT2D eigenvalue weighted by atomic mass is 10.2. The van der Waals surface area contributed by atoms with Gasteiger partial charge in [-0.1, -0.05) is 17.7 Å². The molecule has 8 nitrogen and oxygen atoms in total. The Morgan fingerprint density at radius 2 is 2.17 bits per heavy atom. The second kappa shape index (κ2) is 5.52. The summed E-state index contributed by atoms with van der Waals surface area (Å²) in [6.45, 7) is -0.0805. The van der Waals surface area contributed by atoms with Gasteiger partial charge in [0.1, 0.15) is 5.82 Å². The number of hydrogen-bond acceptors (Lipinski definition) is 5. The van der Waals surface area contributed by atoms with Crippen molar-refractivity contribution in [2.45, 2.75) is 6.54 Å². The van der Waals surface area contributed by atoms with E-state index < -0.39 is 17.1 Å². The maximum atomic E-state index is 14.0. The van der Waals surface area contributed by atoms with Crippen LogP contribution in [0.2, 0.25) is 5.02 Å². The molecule has 0 atom stereocenters. The monoisotopic (exact) mass is 338 g/mol. The number of aromatic nitrogens is 4. The highest BCUT2D eigenvalue weighted by Gasteiger charge is 2.19. The fourth-order valence-corrected chi connectivity index (χ4v) is 2.56. The van der Waals surface area contributed by atoms with E-state index in [0.717, 1.165) is 4.57 Å². The Hall–Kier alpha value is -2.65. The van der Waals surface area contributed by atoms with Crippen LogP contribution < -0.4 is 22.5 Å². The van der Waals surface area contributed by atoms with E-state index in [1.54, 1.807) is 0 Å². The fourth-order valence-electron chi connectivity index (χ4n) is 2.34. The summed E-state index contributed by atoms with van der Waals surface area (Å²) in [4.78, 5) is 30.1. The largest absolute Gasteiger partial charge is 0.329 e. The zero-order valence-electron chi connectivity index (χ0n) is 11.9. The first-order valence-electron chi connectivity index (χ1n) is 6.53. The van der Waals surface area contributed by atoms with Crippen molar-refractivity contribution in [2.75, 3.05) is 5.43 Å². The van der Waals surface area contributed by atoms with Crippen molar-refractivity contribution in [3.63, 3.8) is 0 Å². The summed E-state index contributed by atoms with van der Waals surface area (Å²) in [5.41, 5.74) is 1.46. The number of imidazole rings is 1. The molecule has 0 bridgehead atoms. The van der Waals surface area contributed by atoms with Crippen LogP contribution in [0, 0.1) is 5.82 Å². The summed E-state index contributed by atoms with van der Waals surface area (Å²) < 4.78 is 16.5. The number of nitrogen functional groups attached to an aromatic ring is 1. The van der Waals surface area contributed by atoms with E-state index >= 15 is 0 Å². The minimum Gasteiger partial charge on any atom is -0.299 e. The van der Waals surface area contributed by atoms with Gasteiger partial charge in [0, 0.05) is 17.6 Å². The molecule has 2 heterocycles. The van der Waals surface area contributed by atoms with E-state index in [1.165, 1.54) is 29.8 Å². The van der Waals surface area contributed by atoms with Gasteiger partial charge in [-0.05, 0) is 12.1 Å². The van der Waals surface area contributed by atoms with Gasteiger partial charge in [-0.3, -0.25) is 24.3 Å². The average Bonchev–Trinajstić information content (AvgIpc) is 2.88. The number of nitrogens with two attached hydrogens (primary N) is 1. The van der Waals surface area contributed by atoms with Crippen LogP contribution in [0.25, 0.3) is 11.2 Å². The van der Waals surface area contributed by atoms with Crippen molar-refractivity contribution in [1.29, 1.82) is 0 Å². The first-order valence-corrected chi connectivity index (χ1v) is 6.91. The lowest BCUT2D eigenvalue weighted by Crippen LogP contribution is -2.29. The van der Waals surface area contributed by atoms with Crippen LogP contribution in [-0.4, -0.2) is 19.1 Å². The summed E-state index contributed by atoms with van der Waals surface area (Å²) in [6.07, 6.45) is 0. The summed E-state index contributed by atoms with van der Waals surface area (Å²) in [5, 5.41) is 0.205. The highest BCUT2D eigenvalue weighted by molar-refractivity contribution is 6.31. The topological polar surface area (TPSA) is 111 Å². The Labute approximate surface area is 133 Å². The number of nitrogens with zero attached hydrogens (tertiary/aromatic N) is 3. The minimum absolute atomic E-state index is 0.0805. The summed E-state index contributed by atoms with van der Waals surface area (Å²) in [7, 11) is 1.45. The zero-order valence-corrected chi connectivity index (χ0v) is 12.7. The number of anilines is 1. The number of H-pyrrole nitrogens is 1. The number of nitrogens with one attached hydrogen (secondary N) is 2. The van der Waals surface area contributed by atoms with Gasteiger partial charge in [-0.25, -0.2) is 15.0 Å². The van der Waals surface area contributed by atoms with Gasteiger partial charge in [0.05, 0.1) is 6.54 Å². The number of halogens is 2. The number of rotatable bonds is 3. The summed E-state index contributed by atoms with van der Waals surface area (Å²) >= 11 is 6.02. The normalized spacial score (nSPS) is 11.1. The Balaban J connectivity index is 2.31. The van der Waals surface area contributed by atoms with Gasteiger partial charge in [0.15, 0.2) is 11.2 Å². The van der Waals surface area contributed by atoms with Crippen LogP contribution in [0.4, 0.5) is 10.3 Å². The third-order valence-corrected chi connectivity index (χ3v) is 3.87. The standard InChI is InChI=1S/C13H12ClFN6O2/c1-20-10-9(11(22)18-13(20)23)21(12(17-10)19-16)5-6-7(14)3-2-4-8(6)15/h2-4H,5,16H2,1H3,(H,17,19)(H,18,22,23). The van der Waals surface area contributed by atoms with E-state index in [1.807, 2.05) is 0 Å². The number of hydrazine groups is 1. The molecule has 0 unspecified atom stereocenters. The highest BCUT2D eigenvalue weighted by Crippen LogP contribution is 2.23. The van der Waals surface area contributed by atoms with Crippen molar-refractivity contribution in [3.05, 3.63) is 55.4 Å². The van der Waals surface area contributed by atoms with E-state index in [2.05, 4.69) is 15.4 Å². The lowest BCUT2D eigenvalue weighted by molar-refractivity contribution is 0.602. The molecular weight excluding hydrogens is 327 g/mol. The van der Waals surface area contributed by atoms with Crippen LogP contribution >= 0.6 is 11.6 Å². The van der Waals surface area contributed by atoms with E-state index in [4.69, 9.17) is 17.4 Å². The molecular formula is C13H12ClFN6O2. The highest BCUT2D eigenvalue weighted by atomic mass is 35.5. The molecule has 4 N–H and O–H groups in total. The van der Waals surface area contributed by atoms with Crippen LogP contribution in [0.3, 0.4) is 0 Å². The molecule has 23 heavy (non-hydrogen) atoms. The molecule has 0 amide bonds. The third-order valence-electron chi connectivity index (χ3n) is 3.51. The van der Waals surface area contributed by atoms with E-state index in [0.29, 0.717) is 0 Å². The van der Waals surface area contributed by atoms with Crippen molar-refractivity contribution < 1.29 is 4.39 Å². The molecule has 2 aromatic heterocycles. The third kappa shape index (κ3) is 2.39. The van der Waals surface area contributed by atoms with Crippen LogP contribution in [0.1, 0.15) is 5.56 Å². The lowest BCUT2D eigenvalue weighted by Gasteiger charge is -2.10. The smallest absolute Gasteiger partial charge is 0.299 e. The van der Waals surface area contributed by atoms with Gasteiger partial charge in [-0.2, -0.15) is 4.98 Å². The molecule has 1 aromatic carbocycles. The van der Waals surface area contributed by atoms with E-state index in [-0.39, 0.29) is 34.2 Å². The second-order valence-electron chi connectivity index (χ2n) is 4.86. The zero-order chi connectivity index (χ0) is 16.7. The molecule has 120 valence electrons. The summed E-state index contributed by atoms with van der Waals surface area (Å²) in [6, 6.07) is 4.27. The molecule has 0 fully saturated rings. The Bertz CT molecular complexity index is 1000. The predicted octanol–water partition coefficient (Wildman–Crippen LogP) is 0.550. The van der Waals surface area contributed by atoms with Crippen molar-refractivity contribution >= 4 is 28.7 Å². The molecule has 0 radical (unpaired) electrons. The number of hydrogen-bond donors (Lipinski definition) is 3. The van der Waals surface area contributed by atoms with Gasteiger partial charge in [0.2, 0.25) is 5.95 Å². The molecule has 3 aromatic rings. The van der Waals surface area contributed by atoms with Gasteiger partial charge < -0.3 is 0 Å². The number of aromatic amines is 1. The van der Waals surface area contributed by atoms with Gasteiger partial charge >= 0.3 is 5.69 Å². The predicted molar refractivity (Wildman–Crippen MR) is 83.9 cm³/mol. The Morgan fingerprint density at radius 1 is 1.43 bits per heavy atom. The average molecular weight is 339 g/mol. The molecule has 0 spiro atoms. The van der Waals surface area contributed by atoms with Crippen LogP contribution in [-0.2, 0) is 13.6 Å². The fraction of sp³-hybridized carbons (Fsp3) is 0.154. The second-order valence-corrected chi connectivity index (χ2v) is 5.26.